The first-order valence-corrected chi connectivity index (χ1v) is 7.55. The minimum Gasteiger partial charge on any atom is -0.462 e. The Labute approximate surface area is 121 Å². The topological polar surface area (TPSA) is 46.6 Å². The van der Waals surface area contributed by atoms with Crippen LogP contribution < -0.4 is 4.90 Å². The van der Waals surface area contributed by atoms with Gasteiger partial charge in [0.05, 0.1) is 12.2 Å². The van der Waals surface area contributed by atoms with Crippen LogP contribution in [0.1, 0.15) is 28.6 Å². The van der Waals surface area contributed by atoms with Crippen LogP contribution in [0.25, 0.3) is 0 Å². The first-order valence-electron chi connectivity index (χ1n) is 6.20. The van der Waals surface area contributed by atoms with Gasteiger partial charge >= 0.3 is 5.97 Å². The smallest absolute Gasteiger partial charge is 0.341 e. The van der Waals surface area contributed by atoms with Crippen LogP contribution in [-0.2, 0) is 9.53 Å². The maximum absolute atomic E-state index is 12.0. The summed E-state index contributed by atoms with van der Waals surface area (Å²) in [5.74, 6) is 0.273. The predicted octanol–water partition coefficient (Wildman–Crippen LogP) is 2.82. The molecule has 0 radical (unpaired) electrons. The van der Waals surface area contributed by atoms with E-state index in [1.807, 2.05) is 6.92 Å². The van der Waals surface area contributed by atoms with Crippen LogP contribution >= 0.6 is 22.9 Å². The number of rotatable bonds is 4. The zero-order valence-electron chi connectivity index (χ0n) is 10.9. The van der Waals surface area contributed by atoms with Crippen LogP contribution in [0.15, 0.2) is 6.07 Å². The molecule has 4 nitrogen and oxygen atoms in total. The van der Waals surface area contributed by atoms with Crippen LogP contribution in [-0.4, -0.2) is 30.9 Å². The molecule has 2 heterocycles. The summed E-state index contributed by atoms with van der Waals surface area (Å²) in [6.45, 7) is 4.58. The number of aryl methyl sites for hydroxylation is 1. The fourth-order valence-corrected chi connectivity index (χ4v) is 3.37. The molecule has 1 aromatic rings. The quantitative estimate of drug-likeness (QED) is 0.634. The summed E-state index contributed by atoms with van der Waals surface area (Å²) in [6, 6.07) is 1.78. The average Bonchev–Trinajstić information content (AvgIpc) is 2.92. The number of carbonyl (C=O) groups is 2. The van der Waals surface area contributed by atoms with Crippen LogP contribution in [0, 0.1) is 12.8 Å². The maximum Gasteiger partial charge on any atom is 0.341 e. The Morgan fingerprint density at radius 2 is 2.37 bits per heavy atom. The van der Waals surface area contributed by atoms with E-state index in [9.17, 15) is 9.59 Å². The van der Waals surface area contributed by atoms with Gasteiger partial charge < -0.3 is 9.64 Å². The minimum atomic E-state index is -0.371. The summed E-state index contributed by atoms with van der Waals surface area (Å²) in [7, 11) is 0. The molecule has 19 heavy (non-hydrogen) atoms. The number of hydrogen-bond donors (Lipinski definition) is 0. The standard InChI is InChI=1S/C13H16ClNO3S/c1-3-18-13(17)10-4-8(2)19-12(10)15-7-9(6-14)5-11(15)16/h4,9H,3,5-7H2,1-2H3. The number of amides is 1. The predicted molar refractivity (Wildman–Crippen MR) is 76.2 cm³/mol. The van der Waals surface area contributed by atoms with Crippen molar-refractivity contribution in [2.45, 2.75) is 20.3 Å². The van der Waals surface area contributed by atoms with Crippen LogP contribution in [0.5, 0.6) is 0 Å². The molecule has 1 unspecified atom stereocenters. The van der Waals surface area contributed by atoms with Gasteiger partial charge in [0.25, 0.3) is 0 Å². The van der Waals surface area contributed by atoms with Gasteiger partial charge in [0.15, 0.2) is 0 Å². The van der Waals surface area contributed by atoms with Crippen molar-refractivity contribution in [2.24, 2.45) is 5.92 Å². The van der Waals surface area contributed by atoms with E-state index in [1.165, 1.54) is 11.3 Å². The Kier molecular flexibility index (Phi) is 4.47. The molecule has 0 aliphatic carbocycles. The van der Waals surface area contributed by atoms with E-state index in [1.54, 1.807) is 17.9 Å². The second kappa shape index (κ2) is 5.92. The normalized spacial score (nSPS) is 19.0. The zero-order valence-corrected chi connectivity index (χ0v) is 12.5. The van der Waals surface area contributed by atoms with Gasteiger partial charge in [-0.1, -0.05) is 0 Å². The van der Waals surface area contributed by atoms with E-state index >= 15 is 0 Å². The highest BCUT2D eigenvalue weighted by Gasteiger charge is 2.33. The minimum absolute atomic E-state index is 0.0260. The van der Waals surface area contributed by atoms with Crippen LogP contribution in [0.4, 0.5) is 5.00 Å². The largest absolute Gasteiger partial charge is 0.462 e. The molecule has 1 aromatic heterocycles. The number of alkyl halides is 1. The van der Waals surface area contributed by atoms with Crippen molar-refractivity contribution in [2.75, 3.05) is 23.9 Å². The Morgan fingerprint density at radius 3 is 2.95 bits per heavy atom. The molecule has 1 fully saturated rings. The highest BCUT2D eigenvalue weighted by Crippen LogP contribution is 2.36. The van der Waals surface area contributed by atoms with Crippen molar-refractivity contribution in [3.05, 3.63) is 16.5 Å². The molecule has 0 saturated carbocycles. The van der Waals surface area contributed by atoms with Crippen molar-refractivity contribution < 1.29 is 14.3 Å². The molecule has 1 atom stereocenters. The number of anilines is 1. The van der Waals surface area contributed by atoms with Crippen LogP contribution in [0.3, 0.4) is 0 Å². The Morgan fingerprint density at radius 1 is 1.63 bits per heavy atom. The van der Waals surface area contributed by atoms with Gasteiger partial charge in [-0.15, -0.1) is 22.9 Å². The second-order valence-corrected chi connectivity index (χ2v) is 6.07. The highest BCUT2D eigenvalue weighted by molar-refractivity contribution is 7.16. The Hall–Kier alpha value is -1.07. The summed E-state index contributed by atoms with van der Waals surface area (Å²) in [4.78, 5) is 26.6. The van der Waals surface area contributed by atoms with Crippen molar-refractivity contribution >= 4 is 39.8 Å². The molecule has 0 N–H and O–H groups in total. The first kappa shape index (κ1) is 14.3. The SMILES string of the molecule is CCOC(=O)c1cc(C)sc1N1CC(CCl)CC1=O. The molecule has 0 aromatic carbocycles. The van der Waals surface area contributed by atoms with E-state index in [4.69, 9.17) is 16.3 Å². The highest BCUT2D eigenvalue weighted by atomic mass is 35.5. The lowest BCUT2D eigenvalue weighted by Gasteiger charge is -2.15. The zero-order chi connectivity index (χ0) is 14.0. The summed E-state index contributed by atoms with van der Waals surface area (Å²) in [5, 5.41) is 0.688. The van der Waals surface area contributed by atoms with Gasteiger partial charge in [-0.25, -0.2) is 4.79 Å². The van der Waals surface area contributed by atoms with E-state index in [0.29, 0.717) is 36.0 Å². The number of halogens is 1. The fourth-order valence-electron chi connectivity index (χ4n) is 2.14. The number of hydrogen-bond acceptors (Lipinski definition) is 4. The molecular weight excluding hydrogens is 286 g/mol. The number of nitrogens with zero attached hydrogens (tertiary/aromatic N) is 1. The molecule has 2 rings (SSSR count). The molecule has 1 aliphatic rings. The van der Waals surface area contributed by atoms with Crippen molar-refractivity contribution in [3.63, 3.8) is 0 Å². The lowest BCUT2D eigenvalue weighted by atomic mass is 10.1. The maximum atomic E-state index is 12.0. The van der Waals surface area contributed by atoms with Gasteiger partial charge in [-0.3, -0.25) is 4.79 Å². The summed E-state index contributed by atoms with van der Waals surface area (Å²) >= 11 is 7.26. The van der Waals surface area contributed by atoms with Crippen molar-refractivity contribution in [1.82, 2.24) is 0 Å². The molecule has 1 saturated heterocycles. The van der Waals surface area contributed by atoms with E-state index < -0.39 is 0 Å². The molecule has 6 heteroatoms. The molecule has 0 spiro atoms. The summed E-state index contributed by atoms with van der Waals surface area (Å²) < 4.78 is 5.03. The van der Waals surface area contributed by atoms with E-state index in [-0.39, 0.29) is 17.8 Å². The third kappa shape index (κ3) is 2.92. The molecule has 1 amide bonds. The number of esters is 1. The third-order valence-electron chi connectivity index (χ3n) is 3.00. The van der Waals surface area contributed by atoms with Gasteiger partial charge in [0, 0.05) is 23.7 Å². The fraction of sp³-hybridized carbons (Fsp3) is 0.538. The number of ether oxygens (including phenoxy) is 1. The lowest BCUT2D eigenvalue weighted by molar-refractivity contribution is -0.117. The molecule has 104 valence electrons. The number of carbonyl (C=O) groups excluding carboxylic acids is 2. The second-order valence-electron chi connectivity index (χ2n) is 4.53. The van der Waals surface area contributed by atoms with Gasteiger partial charge in [-0.2, -0.15) is 0 Å². The Bertz CT molecular complexity index is 500. The monoisotopic (exact) mass is 301 g/mol. The first-order chi connectivity index (χ1) is 9.06. The van der Waals surface area contributed by atoms with Gasteiger partial charge in [0.2, 0.25) is 5.91 Å². The van der Waals surface area contributed by atoms with Gasteiger partial charge in [-0.05, 0) is 25.8 Å². The third-order valence-corrected chi connectivity index (χ3v) is 4.51. The number of thiophene rings is 1. The van der Waals surface area contributed by atoms with Gasteiger partial charge in [0.1, 0.15) is 5.00 Å². The molecule has 1 aliphatic heterocycles. The summed E-state index contributed by atoms with van der Waals surface area (Å²) in [6.07, 6.45) is 0.447. The summed E-state index contributed by atoms with van der Waals surface area (Å²) in [5.41, 5.74) is 0.480. The van der Waals surface area contributed by atoms with E-state index in [0.717, 1.165) is 4.88 Å². The average molecular weight is 302 g/mol. The molecular formula is C13H16ClNO3S. The lowest BCUT2D eigenvalue weighted by Crippen LogP contribution is -2.25. The van der Waals surface area contributed by atoms with Crippen molar-refractivity contribution in [1.29, 1.82) is 0 Å². The Balaban J connectivity index is 2.29. The molecule has 0 bridgehead atoms. The van der Waals surface area contributed by atoms with Crippen molar-refractivity contribution in [3.8, 4) is 0 Å². The van der Waals surface area contributed by atoms with Crippen LogP contribution in [0.2, 0.25) is 0 Å². The van der Waals surface area contributed by atoms with E-state index in [2.05, 4.69) is 0 Å².